The van der Waals surface area contributed by atoms with E-state index in [2.05, 4.69) is 10.3 Å². The summed E-state index contributed by atoms with van der Waals surface area (Å²) in [5.41, 5.74) is 4.60. The van der Waals surface area contributed by atoms with Crippen LogP contribution in [-0.2, 0) is 6.54 Å². The summed E-state index contributed by atoms with van der Waals surface area (Å²) in [6, 6.07) is 12.4. The molecule has 2 aromatic carbocycles. The maximum Gasteiger partial charge on any atom is 0.251 e. The lowest BCUT2D eigenvalue weighted by Crippen LogP contribution is -2.22. The first-order chi connectivity index (χ1) is 13.9. The number of amides is 1. The average molecular weight is 404 g/mol. The number of nitrogens with one attached hydrogen (secondary N) is 1. The highest BCUT2D eigenvalue weighted by atomic mass is 32.1. The van der Waals surface area contributed by atoms with E-state index in [0.717, 1.165) is 27.4 Å². The summed E-state index contributed by atoms with van der Waals surface area (Å²) in [7, 11) is 0. The van der Waals surface area contributed by atoms with Gasteiger partial charge in [0.2, 0.25) is 0 Å². The largest absolute Gasteiger partial charge is 0.456 e. The van der Waals surface area contributed by atoms with Crippen molar-refractivity contribution >= 4 is 28.2 Å². The topological polar surface area (TPSA) is 72.2 Å². The first-order valence-electron chi connectivity index (χ1n) is 9.25. The molecular weight excluding hydrogens is 384 g/mol. The summed E-state index contributed by atoms with van der Waals surface area (Å²) < 4.78 is 6.01. The molecule has 0 spiro atoms. The molecule has 2 heterocycles. The van der Waals surface area contributed by atoms with Crippen molar-refractivity contribution in [2.45, 2.75) is 27.3 Å². The van der Waals surface area contributed by atoms with Crippen LogP contribution in [0.3, 0.4) is 0 Å². The lowest BCUT2D eigenvalue weighted by atomic mass is 10.1. The van der Waals surface area contributed by atoms with Gasteiger partial charge in [0.15, 0.2) is 5.43 Å². The van der Waals surface area contributed by atoms with Crippen molar-refractivity contribution in [1.29, 1.82) is 0 Å². The predicted octanol–water partition coefficient (Wildman–Crippen LogP) is 4.77. The van der Waals surface area contributed by atoms with Crippen LogP contribution in [0.15, 0.2) is 57.1 Å². The summed E-state index contributed by atoms with van der Waals surface area (Å²) in [4.78, 5) is 29.3. The Bertz CT molecular complexity index is 1270. The third-order valence-electron chi connectivity index (χ3n) is 4.69. The highest BCUT2D eigenvalue weighted by Gasteiger charge is 2.11. The van der Waals surface area contributed by atoms with Crippen LogP contribution in [0, 0.1) is 20.8 Å². The van der Waals surface area contributed by atoms with Gasteiger partial charge in [-0.2, -0.15) is 0 Å². The fourth-order valence-corrected chi connectivity index (χ4v) is 3.91. The molecule has 0 radical (unpaired) electrons. The van der Waals surface area contributed by atoms with Gasteiger partial charge in [-0.1, -0.05) is 18.2 Å². The zero-order valence-corrected chi connectivity index (χ0v) is 17.2. The number of hydrogen-bond donors (Lipinski definition) is 1. The smallest absolute Gasteiger partial charge is 0.251 e. The Labute approximate surface area is 172 Å². The molecule has 0 fully saturated rings. The van der Waals surface area contributed by atoms with E-state index < -0.39 is 0 Å². The Morgan fingerprint density at radius 1 is 1.10 bits per heavy atom. The number of benzene rings is 2. The summed E-state index contributed by atoms with van der Waals surface area (Å²) in [5.74, 6) is 0.313. The monoisotopic (exact) mass is 404 g/mol. The van der Waals surface area contributed by atoms with E-state index in [1.54, 1.807) is 35.6 Å². The second kappa shape index (κ2) is 7.64. The lowest BCUT2D eigenvalue weighted by molar-refractivity contribution is 0.0950. The molecule has 0 aliphatic rings. The fraction of sp³-hybridized carbons (Fsp3) is 0.174. The Morgan fingerprint density at radius 3 is 2.55 bits per heavy atom. The molecule has 4 rings (SSSR count). The summed E-state index contributed by atoms with van der Waals surface area (Å²) in [6.45, 7) is 6.21. The van der Waals surface area contributed by atoms with Crippen LogP contribution in [0.25, 0.3) is 22.3 Å². The Hall–Kier alpha value is -3.25. The summed E-state index contributed by atoms with van der Waals surface area (Å²) in [6.07, 6.45) is 0. The van der Waals surface area contributed by atoms with Crippen molar-refractivity contribution < 1.29 is 9.21 Å². The average Bonchev–Trinajstić information content (AvgIpc) is 3.12. The van der Waals surface area contributed by atoms with Gasteiger partial charge in [-0.3, -0.25) is 9.59 Å². The van der Waals surface area contributed by atoms with Crippen molar-refractivity contribution in [3.8, 4) is 11.3 Å². The van der Waals surface area contributed by atoms with Crippen LogP contribution in [0.4, 0.5) is 0 Å². The highest BCUT2D eigenvalue weighted by Crippen LogP contribution is 2.25. The van der Waals surface area contributed by atoms with Crippen LogP contribution in [0.2, 0.25) is 0 Å². The van der Waals surface area contributed by atoms with E-state index in [9.17, 15) is 9.59 Å². The zero-order chi connectivity index (χ0) is 20.5. The Kier molecular flexibility index (Phi) is 5.03. The van der Waals surface area contributed by atoms with E-state index in [-0.39, 0.29) is 11.3 Å². The van der Waals surface area contributed by atoms with Crippen LogP contribution in [0.5, 0.6) is 0 Å². The number of aryl methyl sites for hydroxylation is 3. The van der Waals surface area contributed by atoms with Gasteiger partial charge in [0.25, 0.3) is 5.91 Å². The molecule has 0 bridgehead atoms. The minimum absolute atomic E-state index is 0.0755. The molecule has 29 heavy (non-hydrogen) atoms. The minimum Gasteiger partial charge on any atom is -0.456 e. The molecule has 0 saturated carbocycles. The van der Waals surface area contributed by atoms with Crippen molar-refractivity contribution in [1.82, 2.24) is 10.3 Å². The van der Waals surface area contributed by atoms with Gasteiger partial charge >= 0.3 is 0 Å². The Balaban J connectivity index is 1.57. The minimum atomic E-state index is -0.173. The van der Waals surface area contributed by atoms with E-state index >= 15 is 0 Å². The molecule has 5 nitrogen and oxygen atoms in total. The number of nitrogens with zero attached hydrogens (tertiary/aromatic N) is 1. The number of thiazole rings is 1. The summed E-state index contributed by atoms with van der Waals surface area (Å²) >= 11 is 1.56. The van der Waals surface area contributed by atoms with E-state index in [0.29, 0.717) is 28.8 Å². The quantitative estimate of drug-likeness (QED) is 0.532. The number of carbonyl (C=O) groups excluding carboxylic acids is 1. The highest BCUT2D eigenvalue weighted by molar-refractivity contribution is 7.09. The lowest BCUT2D eigenvalue weighted by Gasteiger charge is -2.08. The Morgan fingerprint density at radius 2 is 1.86 bits per heavy atom. The fourth-order valence-electron chi connectivity index (χ4n) is 3.30. The van der Waals surface area contributed by atoms with Gasteiger partial charge in [-0.05, 0) is 50.1 Å². The number of hydrogen-bond acceptors (Lipinski definition) is 5. The third kappa shape index (κ3) is 3.98. The number of fused-ring (bicyclic) bond motifs is 1. The third-order valence-corrected chi connectivity index (χ3v) is 5.51. The van der Waals surface area contributed by atoms with Crippen LogP contribution < -0.4 is 10.7 Å². The maximum atomic E-state index is 12.5. The molecule has 0 aliphatic heterocycles. The summed E-state index contributed by atoms with van der Waals surface area (Å²) in [5, 5.41) is 6.36. The van der Waals surface area contributed by atoms with Crippen LogP contribution in [-0.4, -0.2) is 10.9 Å². The van der Waals surface area contributed by atoms with Gasteiger partial charge in [0.05, 0.1) is 22.6 Å². The van der Waals surface area contributed by atoms with Crippen molar-refractivity contribution in [2.75, 3.05) is 0 Å². The van der Waals surface area contributed by atoms with Gasteiger partial charge in [0.1, 0.15) is 11.3 Å². The molecule has 0 atom stereocenters. The van der Waals surface area contributed by atoms with E-state index in [1.807, 2.05) is 38.3 Å². The van der Waals surface area contributed by atoms with Gasteiger partial charge in [0, 0.05) is 22.6 Å². The van der Waals surface area contributed by atoms with Crippen molar-refractivity contribution in [3.05, 3.63) is 85.5 Å². The molecular formula is C23H20N2O3S. The predicted molar refractivity (Wildman–Crippen MR) is 115 cm³/mol. The molecule has 4 aromatic rings. The molecule has 1 amide bonds. The van der Waals surface area contributed by atoms with E-state index in [1.165, 1.54) is 6.07 Å². The molecule has 0 saturated heterocycles. The molecule has 2 aromatic heterocycles. The molecule has 146 valence electrons. The first-order valence-corrected chi connectivity index (χ1v) is 10.1. The normalized spacial score (nSPS) is 11.0. The van der Waals surface area contributed by atoms with Crippen LogP contribution in [0.1, 0.15) is 32.2 Å². The van der Waals surface area contributed by atoms with Gasteiger partial charge in [-0.25, -0.2) is 4.98 Å². The molecule has 1 N–H and O–H groups in total. The molecule has 0 unspecified atom stereocenters. The van der Waals surface area contributed by atoms with Crippen LogP contribution >= 0.6 is 11.3 Å². The second-order valence-corrected chi connectivity index (χ2v) is 8.11. The number of carbonyl (C=O) groups is 1. The van der Waals surface area contributed by atoms with Gasteiger partial charge < -0.3 is 9.73 Å². The standard InChI is InChI=1S/C23H20N2O3S/c1-13-8-14(2)22-19(9-13)20(26)10-21(28-22)16-4-6-17(7-5-16)23(27)24-11-18-12-29-15(3)25-18/h4-10,12H,11H2,1-3H3,(H,24,27). The number of rotatable bonds is 4. The maximum absolute atomic E-state index is 12.5. The second-order valence-electron chi connectivity index (χ2n) is 7.05. The van der Waals surface area contributed by atoms with Crippen molar-refractivity contribution in [2.24, 2.45) is 0 Å². The van der Waals surface area contributed by atoms with E-state index in [4.69, 9.17) is 4.42 Å². The SMILES string of the molecule is Cc1cc(C)c2oc(-c3ccc(C(=O)NCc4csc(C)n4)cc3)cc(=O)c2c1. The first kappa shape index (κ1) is 19.1. The van der Waals surface area contributed by atoms with Gasteiger partial charge in [-0.15, -0.1) is 11.3 Å². The zero-order valence-electron chi connectivity index (χ0n) is 16.4. The van der Waals surface area contributed by atoms with Crippen molar-refractivity contribution in [3.63, 3.8) is 0 Å². The number of aromatic nitrogens is 1. The molecule has 0 aliphatic carbocycles. The molecule has 6 heteroatoms.